The monoisotopic (exact) mass is 223 g/mol. The number of aromatic carboxylic acids is 1. The second kappa shape index (κ2) is 4.61. The van der Waals surface area contributed by atoms with E-state index in [1.807, 2.05) is 0 Å². The summed E-state index contributed by atoms with van der Waals surface area (Å²) in [6, 6.07) is 0. The van der Waals surface area contributed by atoms with E-state index in [2.05, 4.69) is 5.10 Å². The first-order valence-corrected chi connectivity index (χ1v) is 4.65. The molecule has 86 valence electrons. The topological polar surface area (TPSA) is 98.2 Å². The Labute approximate surface area is 92.4 Å². The third-order valence-electron chi connectivity index (χ3n) is 2.07. The molecule has 6 nitrogen and oxygen atoms in total. The average molecular weight is 223 g/mol. The Hall–Kier alpha value is -2.11. The minimum absolute atomic E-state index is 0.0768. The molecule has 0 saturated carbocycles. The van der Waals surface area contributed by atoms with Crippen LogP contribution in [0.25, 0.3) is 6.08 Å². The van der Waals surface area contributed by atoms with Crippen molar-refractivity contribution in [3.05, 3.63) is 23.0 Å². The van der Waals surface area contributed by atoms with Crippen LogP contribution in [0.4, 0.5) is 0 Å². The van der Waals surface area contributed by atoms with Crippen molar-refractivity contribution in [3.63, 3.8) is 0 Å². The predicted octanol–water partition coefficient (Wildman–Crippen LogP) is 0.315. The molecule has 1 amide bonds. The maximum atomic E-state index is 11.0. The van der Waals surface area contributed by atoms with E-state index < -0.39 is 11.9 Å². The molecule has 0 saturated heterocycles. The number of nitrogens with two attached hydrogens (primary N) is 1. The van der Waals surface area contributed by atoms with Gasteiger partial charge in [0, 0.05) is 19.0 Å². The van der Waals surface area contributed by atoms with Gasteiger partial charge in [-0.1, -0.05) is 12.2 Å². The maximum absolute atomic E-state index is 11.0. The first-order valence-electron chi connectivity index (χ1n) is 4.65. The standard InChI is InChI=1S/C10H13N3O3/c1-6-7(4-3-5-8(11)14)9(10(15)16)13(2)12-6/h3-4H,5H2,1-2H3,(H2,11,14)(H,15,16). The summed E-state index contributed by atoms with van der Waals surface area (Å²) in [6.45, 7) is 1.70. The van der Waals surface area contributed by atoms with Crippen LogP contribution in [-0.4, -0.2) is 26.8 Å². The summed E-state index contributed by atoms with van der Waals surface area (Å²) < 4.78 is 1.29. The fraction of sp³-hybridized carbons (Fsp3) is 0.300. The quantitative estimate of drug-likeness (QED) is 0.767. The van der Waals surface area contributed by atoms with Crippen LogP contribution in [0.15, 0.2) is 6.08 Å². The van der Waals surface area contributed by atoms with Crippen LogP contribution in [0.3, 0.4) is 0 Å². The van der Waals surface area contributed by atoms with Crippen molar-refractivity contribution in [2.24, 2.45) is 12.8 Å². The molecule has 0 bridgehead atoms. The Kier molecular flexibility index (Phi) is 3.44. The van der Waals surface area contributed by atoms with E-state index in [4.69, 9.17) is 10.8 Å². The van der Waals surface area contributed by atoms with Crippen LogP contribution in [0, 0.1) is 6.92 Å². The van der Waals surface area contributed by atoms with Crippen LogP contribution >= 0.6 is 0 Å². The molecule has 1 rings (SSSR count). The van der Waals surface area contributed by atoms with E-state index in [1.54, 1.807) is 20.0 Å². The van der Waals surface area contributed by atoms with Crippen molar-refractivity contribution in [3.8, 4) is 0 Å². The van der Waals surface area contributed by atoms with Gasteiger partial charge >= 0.3 is 5.97 Å². The summed E-state index contributed by atoms with van der Waals surface area (Å²) in [7, 11) is 1.56. The molecule has 1 heterocycles. The van der Waals surface area contributed by atoms with Gasteiger partial charge in [-0.05, 0) is 6.92 Å². The smallest absolute Gasteiger partial charge is 0.354 e. The summed E-state index contributed by atoms with van der Waals surface area (Å²) in [5.41, 5.74) is 6.16. The van der Waals surface area contributed by atoms with Gasteiger partial charge in [-0.25, -0.2) is 4.79 Å². The highest BCUT2D eigenvalue weighted by Gasteiger charge is 2.16. The summed E-state index contributed by atoms with van der Waals surface area (Å²) in [5, 5.41) is 13.0. The lowest BCUT2D eigenvalue weighted by Crippen LogP contribution is -2.08. The number of aromatic nitrogens is 2. The van der Waals surface area contributed by atoms with Crippen molar-refractivity contribution >= 4 is 18.0 Å². The molecular formula is C10H13N3O3. The molecule has 1 aromatic heterocycles. The summed E-state index contributed by atoms with van der Waals surface area (Å²) in [5.74, 6) is -1.52. The van der Waals surface area contributed by atoms with Crippen molar-refractivity contribution in [2.45, 2.75) is 13.3 Å². The zero-order valence-electron chi connectivity index (χ0n) is 9.10. The molecule has 0 aliphatic rings. The van der Waals surface area contributed by atoms with Gasteiger partial charge in [-0.15, -0.1) is 0 Å². The minimum atomic E-state index is -1.05. The maximum Gasteiger partial charge on any atom is 0.354 e. The molecule has 0 spiro atoms. The van der Waals surface area contributed by atoms with E-state index in [9.17, 15) is 9.59 Å². The number of amides is 1. The molecule has 3 N–H and O–H groups in total. The highest BCUT2D eigenvalue weighted by molar-refractivity contribution is 5.91. The van der Waals surface area contributed by atoms with Gasteiger partial charge in [0.05, 0.1) is 5.69 Å². The number of carbonyl (C=O) groups is 2. The number of primary amides is 1. The molecular weight excluding hydrogens is 210 g/mol. The zero-order chi connectivity index (χ0) is 12.3. The Morgan fingerprint density at radius 1 is 1.56 bits per heavy atom. The molecule has 6 heteroatoms. The van der Waals surface area contributed by atoms with E-state index in [0.29, 0.717) is 11.3 Å². The van der Waals surface area contributed by atoms with Crippen molar-refractivity contribution < 1.29 is 14.7 Å². The number of nitrogens with zero attached hydrogens (tertiary/aromatic N) is 2. The van der Waals surface area contributed by atoms with Crippen LogP contribution in [0.2, 0.25) is 0 Å². The van der Waals surface area contributed by atoms with E-state index >= 15 is 0 Å². The number of hydrogen-bond acceptors (Lipinski definition) is 3. The molecule has 0 fully saturated rings. The fourth-order valence-corrected chi connectivity index (χ4v) is 1.42. The Bertz CT molecular complexity index is 460. The lowest BCUT2D eigenvalue weighted by molar-refractivity contribution is -0.117. The molecule has 16 heavy (non-hydrogen) atoms. The highest BCUT2D eigenvalue weighted by Crippen LogP contribution is 2.15. The molecule has 0 radical (unpaired) electrons. The molecule has 0 aliphatic heterocycles. The Balaban J connectivity index is 3.07. The van der Waals surface area contributed by atoms with Gasteiger partial charge in [0.15, 0.2) is 5.69 Å². The average Bonchev–Trinajstić information content (AvgIpc) is 2.40. The summed E-state index contributed by atoms with van der Waals surface area (Å²) in [6.07, 6.45) is 3.16. The van der Waals surface area contributed by atoms with Crippen LogP contribution in [0.5, 0.6) is 0 Å². The SMILES string of the molecule is Cc1nn(C)c(C(=O)O)c1C=CCC(N)=O. The normalized spacial score (nSPS) is 10.9. The number of carboxylic acid groups (broad SMARTS) is 1. The van der Waals surface area contributed by atoms with E-state index in [0.717, 1.165) is 0 Å². The van der Waals surface area contributed by atoms with Gasteiger partial charge in [-0.3, -0.25) is 9.48 Å². The van der Waals surface area contributed by atoms with Crippen LogP contribution in [0.1, 0.15) is 28.2 Å². The Morgan fingerprint density at radius 2 is 2.19 bits per heavy atom. The first-order chi connectivity index (χ1) is 7.43. The van der Waals surface area contributed by atoms with E-state index in [1.165, 1.54) is 10.8 Å². The number of carboxylic acids is 1. The largest absolute Gasteiger partial charge is 0.477 e. The number of carbonyl (C=O) groups excluding carboxylic acids is 1. The second-order valence-electron chi connectivity index (χ2n) is 3.35. The third kappa shape index (κ3) is 2.47. The summed E-state index contributed by atoms with van der Waals surface area (Å²) in [4.78, 5) is 21.5. The number of rotatable bonds is 4. The number of aryl methyl sites for hydroxylation is 2. The minimum Gasteiger partial charge on any atom is -0.477 e. The van der Waals surface area contributed by atoms with Crippen molar-refractivity contribution in [1.29, 1.82) is 0 Å². The van der Waals surface area contributed by atoms with Crippen molar-refractivity contribution in [1.82, 2.24) is 9.78 Å². The molecule has 0 aliphatic carbocycles. The zero-order valence-corrected chi connectivity index (χ0v) is 9.10. The lowest BCUT2D eigenvalue weighted by atomic mass is 10.1. The van der Waals surface area contributed by atoms with Gasteiger partial charge in [0.2, 0.25) is 5.91 Å². The molecule has 0 aromatic carbocycles. The first kappa shape index (κ1) is 12.0. The molecule has 0 atom stereocenters. The van der Waals surface area contributed by atoms with Crippen molar-refractivity contribution in [2.75, 3.05) is 0 Å². The highest BCUT2D eigenvalue weighted by atomic mass is 16.4. The van der Waals surface area contributed by atoms with Crippen LogP contribution < -0.4 is 5.73 Å². The lowest BCUT2D eigenvalue weighted by Gasteiger charge is -1.96. The van der Waals surface area contributed by atoms with E-state index in [-0.39, 0.29) is 12.1 Å². The van der Waals surface area contributed by atoms with Crippen LogP contribution in [-0.2, 0) is 11.8 Å². The fourth-order valence-electron chi connectivity index (χ4n) is 1.42. The van der Waals surface area contributed by atoms with Gasteiger partial charge in [-0.2, -0.15) is 5.10 Å². The number of hydrogen-bond donors (Lipinski definition) is 2. The second-order valence-corrected chi connectivity index (χ2v) is 3.35. The molecule has 0 unspecified atom stereocenters. The van der Waals surface area contributed by atoms with Gasteiger partial charge < -0.3 is 10.8 Å². The third-order valence-corrected chi connectivity index (χ3v) is 2.07. The van der Waals surface area contributed by atoms with Gasteiger partial charge in [0.1, 0.15) is 0 Å². The molecule has 1 aromatic rings. The predicted molar refractivity (Wildman–Crippen MR) is 57.7 cm³/mol. The Morgan fingerprint density at radius 3 is 2.69 bits per heavy atom. The summed E-state index contributed by atoms with van der Waals surface area (Å²) >= 11 is 0. The van der Waals surface area contributed by atoms with Gasteiger partial charge in [0.25, 0.3) is 0 Å².